The average Bonchev–Trinajstić information content (AvgIpc) is 2.83. The van der Waals surface area contributed by atoms with Crippen LogP contribution in [0.2, 0.25) is 0 Å². The molecule has 0 bridgehead atoms. The Balaban J connectivity index is 3.02. The van der Waals surface area contributed by atoms with Crippen LogP contribution in [0, 0.1) is 22.5 Å². The van der Waals surface area contributed by atoms with E-state index in [1.807, 2.05) is 20.8 Å². The van der Waals surface area contributed by atoms with Crippen molar-refractivity contribution in [2.24, 2.45) is 0 Å². The van der Waals surface area contributed by atoms with E-state index in [9.17, 15) is 14.9 Å². The summed E-state index contributed by atoms with van der Waals surface area (Å²) >= 11 is 0. The predicted molar refractivity (Wildman–Crippen MR) is 76.5 cm³/mol. The lowest BCUT2D eigenvalue weighted by atomic mass is 10.1. The van der Waals surface area contributed by atoms with Crippen LogP contribution in [0.3, 0.4) is 0 Å². The molecule has 0 aliphatic carbocycles. The van der Waals surface area contributed by atoms with Gasteiger partial charge in [0, 0.05) is 24.6 Å². The quantitative estimate of drug-likeness (QED) is 0.493. The summed E-state index contributed by atoms with van der Waals surface area (Å²) < 4.78 is 1.59. The molecule has 0 saturated carbocycles. The van der Waals surface area contributed by atoms with Crippen molar-refractivity contribution in [3.05, 3.63) is 28.1 Å². The molecule has 1 N–H and O–H groups in total. The van der Waals surface area contributed by atoms with E-state index in [0.717, 1.165) is 0 Å². The van der Waals surface area contributed by atoms with Crippen molar-refractivity contribution >= 4 is 11.6 Å². The number of rotatable bonds is 6. The highest BCUT2D eigenvalue weighted by atomic mass is 16.6. The zero-order chi connectivity index (χ0) is 15.3. The first kappa shape index (κ1) is 15.8. The second-order valence-electron chi connectivity index (χ2n) is 4.83. The van der Waals surface area contributed by atoms with Crippen molar-refractivity contribution in [3.8, 4) is 12.3 Å². The Morgan fingerprint density at radius 2 is 2.25 bits per heavy atom. The van der Waals surface area contributed by atoms with Gasteiger partial charge in [0.25, 0.3) is 11.6 Å². The van der Waals surface area contributed by atoms with Crippen LogP contribution >= 0.6 is 0 Å². The number of carbonyl (C=O) groups is 1. The van der Waals surface area contributed by atoms with Gasteiger partial charge in [0.2, 0.25) is 0 Å². The summed E-state index contributed by atoms with van der Waals surface area (Å²) in [4.78, 5) is 22.5. The minimum atomic E-state index is -0.506. The van der Waals surface area contributed by atoms with Crippen molar-refractivity contribution in [2.75, 3.05) is 0 Å². The largest absolute Gasteiger partial charge is 0.347 e. The van der Waals surface area contributed by atoms with Gasteiger partial charge in [0.15, 0.2) is 0 Å². The van der Waals surface area contributed by atoms with Crippen LogP contribution in [-0.2, 0) is 0 Å². The number of terminal acetylenes is 1. The maximum absolute atomic E-state index is 12.2. The van der Waals surface area contributed by atoms with Crippen LogP contribution in [0.4, 0.5) is 5.69 Å². The maximum atomic E-state index is 12.2. The van der Waals surface area contributed by atoms with E-state index < -0.39 is 4.92 Å². The molecule has 6 nitrogen and oxygen atoms in total. The Labute approximate surface area is 118 Å². The number of nitro groups is 1. The summed E-state index contributed by atoms with van der Waals surface area (Å²) in [6.45, 7) is 5.64. The second kappa shape index (κ2) is 6.75. The fraction of sp³-hybridized carbons (Fsp3) is 0.500. The Hall–Kier alpha value is -2.29. The number of hydrogen-bond acceptors (Lipinski definition) is 3. The van der Waals surface area contributed by atoms with E-state index in [-0.39, 0.29) is 29.4 Å². The van der Waals surface area contributed by atoms with Crippen molar-refractivity contribution in [2.45, 2.75) is 45.7 Å². The first-order chi connectivity index (χ1) is 9.40. The number of nitrogens with one attached hydrogen (secondary N) is 1. The monoisotopic (exact) mass is 277 g/mol. The summed E-state index contributed by atoms with van der Waals surface area (Å²) in [6.07, 6.45) is 7.77. The standard InChI is InChI=1S/C14H19N3O3/c1-5-7-11(6-2)15-14(18)13-8-12(17(19)20)9-16(13)10(3)4/h1,8-11H,6-7H2,2-4H3,(H,15,18). The van der Waals surface area contributed by atoms with Crippen LogP contribution in [-0.4, -0.2) is 21.4 Å². The zero-order valence-corrected chi connectivity index (χ0v) is 11.9. The Morgan fingerprint density at radius 1 is 1.60 bits per heavy atom. The molecule has 1 heterocycles. The highest BCUT2D eigenvalue weighted by molar-refractivity contribution is 5.93. The molecule has 20 heavy (non-hydrogen) atoms. The van der Waals surface area contributed by atoms with Crippen LogP contribution < -0.4 is 5.32 Å². The van der Waals surface area contributed by atoms with Gasteiger partial charge >= 0.3 is 0 Å². The summed E-state index contributed by atoms with van der Waals surface area (Å²) in [5.41, 5.74) is 0.191. The van der Waals surface area contributed by atoms with Crippen LogP contribution in [0.25, 0.3) is 0 Å². The van der Waals surface area contributed by atoms with Gasteiger partial charge in [-0.2, -0.15) is 0 Å². The van der Waals surface area contributed by atoms with Crippen LogP contribution in [0.5, 0.6) is 0 Å². The lowest BCUT2D eigenvalue weighted by Crippen LogP contribution is -2.35. The highest BCUT2D eigenvalue weighted by Gasteiger charge is 2.22. The van der Waals surface area contributed by atoms with E-state index >= 15 is 0 Å². The molecule has 1 rings (SSSR count). The number of carbonyl (C=O) groups excluding carboxylic acids is 1. The van der Waals surface area contributed by atoms with Gasteiger partial charge in [-0.05, 0) is 20.3 Å². The number of aromatic nitrogens is 1. The van der Waals surface area contributed by atoms with Gasteiger partial charge in [-0.1, -0.05) is 6.92 Å². The lowest BCUT2D eigenvalue weighted by molar-refractivity contribution is -0.384. The normalized spacial score (nSPS) is 11.9. The molecule has 0 radical (unpaired) electrons. The van der Waals surface area contributed by atoms with E-state index in [1.54, 1.807) is 4.57 Å². The van der Waals surface area contributed by atoms with Gasteiger partial charge in [0.05, 0.1) is 11.1 Å². The minimum absolute atomic E-state index is 0.0443. The van der Waals surface area contributed by atoms with Crippen LogP contribution in [0.15, 0.2) is 12.3 Å². The molecular weight excluding hydrogens is 258 g/mol. The lowest BCUT2D eigenvalue weighted by Gasteiger charge is -2.16. The third kappa shape index (κ3) is 3.60. The third-order valence-electron chi connectivity index (χ3n) is 3.03. The first-order valence-corrected chi connectivity index (χ1v) is 6.51. The molecule has 108 valence electrons. The first-order valence-electron chi connectivity index (χ1n) is 6.51. The molecule has 1 unspecified atom stereocenters. The molecule has 0 aliphatic rings. The summed E-state index contributed by atoms with van der Waals surface area (Å²) in [5.74, 6) is 2.17. The topological polar surface area (TPSA) is 77.2 Å². The third-order valence-corrected chi connectivity index (χ3v) is 3.03. The molecule has 1 amide bonds. The van der Waals surface area contributed by atoms with Crippen molar-refractivity contribution < 1.29 is 9.72 Å². The molecule has 1 aromatic heterocycles. The smallest absolute Gasteiger partial charge is 0.287 e. The van der Waals surface area contributed by atoms with Gasteiger partial charge in [-0.3, -0.25) is 14.9 Å². The molecule has 0 fully saturated rings. The maximum Gasteiger partial charge on any atom is 0.287 e. The Kier molecular flexibility index (Phi) is 5.32. The molecule has 1 aromatic rings. The van der Waals surface area contributed by atoms with E-state index in [0.29, 0.717) is 12.8 Å². The van der Waals surface area contributed by atoms with Crippen molar-refractivity contribution in [1.29, 1.82) is 0 Å². The molecule has 6 heteroatoms. The number of amides is 1. The van der Waals surface area contributed by atoms with E-state index in [2.05, 4.69) is 11.2 Å². The molecule has 0 aromatic carbocycles. The fourth-order valence-corrected chi connectivity index (χ4v) is 1.87. The molecule has 1 atom stereocenters. The van der Waals surface area contributed by atoms with E-state index in [4.69, 9.17) is 6.42 Å². The SMILES string of the molecule is C#CCC(CC)NC(=O)c1cc([N+](=O)[O-])cn1C(C)C. The molecule has 0 saturated heterocycles. The highest BCUT2D eigenvalue weighted by Crippen LogP contribution is 2.20. The van der Waals surface area contributed by atoms with Crippen molar-refractivity contribution in [1.82, 2.24) is 9.88 Å². The average molecular weight is 277 g/mol. The number of nitrogens with zero attached hydrogens (tertiary/aromatic N) is 2. The molecule has 0 aliphatic heterocycles. The number of hydrogen-bond donors (Lipinski definition) is 1. The summed E-state index contributed by atoms with van der Waals surface area (Å²) in [5, 5.41) is 13.6. The molecule has 0 spiro atoms. The Morgan fingerprint density at radius 3 is 2.70 bits per heavy atom. The van der Waals surface area contributed by atoms with E-state index in [1.165, 1.54) is 12.3 Å². The van der Waals surface area contributed by atoms with Gasteiger partial charge in [0.1, 0.15) is 5.69 Å². The van der Waals surface area contributed by atoms with Gasteiger partial charge in [-0.15, -0.1) is 12.3 Å². The van der Waals surface area contributed by atoms with Crippen molar-refractivity contribution in [3.63, 3.8) is 0 Å². The Bertz CT molecular complexity index is 540. The summed E-state index contributed by atoms with van der Waals surface area (Å²) in [6, 6.07) is 1.12. The summed E-state index contributed by atoms with van der Waals surface area (Å²) in [7, 11) is 0. The fourth-order valence-electron chi connectivity index (χ4n) is 1.87. The molecular formula is C14H19N3O3. The predicted octanol–water partition coefficient (Wildman–Crippen LogP) is 2.51. The van der Waals surface area contributed by atoms with Gasteiger partial charge < -0.3 is 9.88 Å². The van der Waals surface area contributed by atoms with Gasteiger partial charge in [-0.25, -0.2) is 0 Å². The van der Waals surface area contributed by atoms with Crippen LogP contribution in [0.1, 0.15) is 50.1 Å². The zero-order valence-electron chi connectivity index (χ0n) is 11.9. The second-order valence-corrected chi connectivity index (χ2v) is 4.83. The minimum Gasteiger partial charge on any atom is -0.347 e.